The highest BCUT2D eigenvalue weighted by Gasteiger charge is 1.79. The molecule has 0 saturated heterocycles. The Kier molecular flexibility index (Phi) is 1.71. The molecule has 0 bridgehead atoms. The highest BCUT2D eigenvalue weighted by Crippen LogP contribution is 1.87. The fraction of sp³-hybridized carbons (Fsp3) is 0. The summed E-state index contributed by atoms with van der Waals surface area (Å²) >= 11 is 0. The predicted molar refractivity (Wildman–Crippen MR) is 35.3 cm³/mol. The lowest BCUT2D eigenvalue weighted by molar-refractivity contribution is 1.29. The van der Waals surface area contributed by atoms with Crippen LogP contribution in [0.25, 0.3) is 0 Å². The van der Waals surface area contributed by atoms with Crippen molar-refractivity contribution in [3.05, 3.63) is 30.1 Å². The van der Waals surface area contributed by atoms with Crippen molar-refractivity contribution in [1.82, 2.24) is 4.98 Å². The maximum absolute atomic E-state index is 4.96. The zero-order chi connectivity index (χ0) is 6.53. The average Bonchev–Trinajstić information content (AvgIpc) is 1.91. The summed E-state index contributed by atoms with van der Waals surface area (Å²) in [5.41, 5.74) is 5.67. The maximum atomic E-state index is 4.96. The van der Waals surface area contributed by atoms with Gasteiger partial charge in [0.05, 0.1) is 0 Å². The first-order valence-electron chi connectivity index (χ1n) is 2.56. The van der Waals surface area contributed by atoms with Crippen LogP contribution in [0.4, 0.5) is 0 Å². The average molecular weight is 118 g/mol. The van der Waals surface area contributed by atoms with E-state index in [-0.39, 0.29) is 0 Å². The van der Waals surface area contributed by atoms with Gasteiger partial charge in [-0.05, 0) is 18.1 Å². The summed E-state index contributed by atoms with van der Waals surface area (Å²) in [4.78, 5) is 3.91. The Morgan fingerprint density at radius 3 is 2.89 bits per heavy atom. The molecule has 1 heterocycles. The van der Waals surface area contributed by atoms with Gasteiger partial charge in [-0.2, -0.15) is 0 Å². The van der Waals surface area contributed by atoms with Gasteiger partial charge in [0.1, 0.15) is 5.69 Å². The number of hydrogen-bond donors (Lipinski definition) is 1. The first-order valence-corrected chi connectivity index (χ1v) is 2.56. The van der Waals surface area contributed by atoms with Crippen LogP contribution in [0.2, 0.25) is 0 Å². The lowest BCUT2D eigenvalue weighted by atomic mass is 10.4. The van der Waals surface area contributed by atoms with E-state index in [4.69, 9.17) is 5.73 Å². The van der Waals surface area contributed by atoms with E-state index >= 15 is 0 Å². The lowest BCUT2D eigenvalue weighted by Gasteiger charge is -1.82. The smallest absolute Gasteiger partial charge is 0.114 e. The highest BCUT2D eigenvalue weighted by atomic mass is 14.6. The first kappa shape index (κ1) is 5.64. The number of nitrogens with two attached hydrogens (primary N) is 1. The van der Waals surface area contributed by atoms with Gasteiger partial charge in [0, 0.05) is 12.2 Å². The normalized spacial score (nSPS) is 7.56. The molecule has 1 rings (SSSR count). The molecule has 0 aliphatic heterocycles. The molecule has 0 aliphatic carbocycles. The van der Waals surface area contributed by atoms with Gasteiger partial charge in [-0.3, -0.25) is 0 Å². The molecule has 0 spiro atoms. The molecule has 2 nitrogen and oxygen atoms in total. The van der Waals surface area contributed by atoms with Crippen molar-refractivity contribution in [2.45, 2.75) is 0 Å². The fourth-order valence-electron chi connectivity index (χ4n) is 0.511. The molecule has 0 fully saturated rings. The molecule has 0 radical (unpaired) electrons. The van der Waals surface area contributed by atoms with Crippen LogP contribution >= 0.6 is 0 Å². The van der Waals surface area contributed by atoms with E-state index in [1.165, 1.54) is 0 Å². The third-order valence-electron chi connectivity index (χ3n) is 0.865. The molecule has 0 saturated carbocycles. The third kappa shape index (κ3) is 1.46. The van der Waals surface area contributed by atoms with Crippen molar-refractivity contribution in [3.63, 3.8) is 0 Å². The van der Waals surface area contributed by atoms with Crippen LogP contribution in [-0.2, 0) is 0 Å². The number of nitrogens with zero attached hydrogens (tertiary/aromatic N) is 1. The molecule has 2 heteroatoms. The number of hydrogen-bond acceptors (Lipinski definition) is 2. The minimum absolute atomic E-state index is 0.708. The van der Waals surface area contributed by atoms with Crippen molar-refractivity contribution >= 4 is 0 Å². The predicted octanol–water partition coefficient (Wildman–Crippen LogP) is 0.349. The molecule has 2 N–H and O–H groups in total. The Bertz CT molecular complexity index is 230. The van der Waals surface area contributed by atoms with Crippen LogP contribution in [-0.4, -0.2) is 4.98 Å². The van der Waals surface area contributed by atoms with E-state index in [9.17, 15) is 0 Å². The zero-order valence-corrected chi connectivity index (χ0v) is 4.83. The highest BCUT2D eigenvalue weighted by molar-refractivity contribution is 5.25. The van der Waals surface area contributed by atoms with E-state index in [1.54, 1.807) is 12.3 Å². The second kappa shape index (κ2) is 2.73. The largest absolute Gasteiger partial charge is 0.359 e. The molecule has 1 aromatic heterocycles. The Hall–Kier alpha value is -1.49. The molecule has 0 amide bonds. The summed E-state index contributed by atoms with van der Waals surface area (Å²) in [7, 11) is 0. The van der Waals surface area contributed by atoms with Crippen LogP contribution < -0.4 is 5.73 Å². The molecule has 1 aromatic rings. The van der Waals surface area contributed by atoms with Crippen LogP contribution in [0, 0.1) is 12.0 Å². The van der Waals surface area contributed by atoms with Crippen molar-refractivity contribution in [3.8, 4) is 12.0 Å². The molecular weight excluding hydrogens is 112 g/mol. The minimum atomic E-state index is 0.708. The second-order valence-electron chi connectivity index (χ2n) is 1.48. The summed E-state index contributed by atoms with van der Waals surface area (Å²) in [6.07, 6.45) is 1.68. The van der Waals surface area contributed by atoms with E-state index in [0.29, 0.717) is 5.69 Å². The monoisotopic (exact) mass is 118 g/mol. The van der Waals surface area contributed by atoms with Crippen molar-refractivity contribution in [2.75, 3.05) is 0 Å². The number of aromatic nitrogens is 1. The topological polar surface area (TPSA) is 38.9 Å². The minimum Gasteiger partial charge on any atom is -0.359 e. The lowest BCUT2D eigenvalue weighted by Crippen LogP contribution is -1.81. The number of rotatable bonds is 0. The standard InChI is InChI=1S/C7H6N2/c8-5-4-7-3-1-2-6-9-7/h1-3,6H,8H2. The first-order chi connectivity index (χ1) is 4.43. The molecule has 9 heavy (non-hydrogen) atoms. The van der Waals surface area contributed by atoms with Gasteiger partial charge >= 0.3 is 0 Å². The van der Waals surface area contributed by atoms with E-state index in [0.717, 1.165) is 0 Å². The molecule has 0 unspecified atom stereocenters. The molecular formula is C7H6N2. The Morgan fingerprint density at radius 1 is 1.44 bits per heavy atom. The van der Waals surface area contributed by atoms with Crippen molar-refractivity contribution < 1.29 is 0 Å². The molecule has 44 valence electrons. The van der Waals surface area contributed by atoms with Gasteiger partial charge in [0.15, 0.2) is 0 Å². The molecule has 0 atom stereocenters. The van der Waals surface area contributed by atoms with E-state index in [1.807, 2.05) is 12.1 Å². The van der Waals surface area contributed by atoms with Crippen molar-refractivity contribution in [1.29, 1.82) is 0 Å². The van der Waals surface area contributed by atoms with Crippen LogP contribution in [0.3, 0.4) is 0 Å². The summed E-state index contributed by atoms with van der Waals surface area (Å²) in [6, 6.07) is 7.78. The van der Waals surface area contributed by atoms with Gasteiger partial charge in [-0.15, -0.1) is 0 Å². The SMILES string of the molecule is NC#Cc1ccccn1. The maximum Gasteiger partial charge on any atom is 0.114 e. The Labute approximate surface area is 53.7 Å². The number of pyridine rings is 1. The van der Waals surface area contributed by atoms with Gasteiger partial charge in [0.25, 0.3) is 0 Å². The summed E-state index contributed by atoms with van der Waals surface area (Å²) in [5, 5.41) is 0. The summed E-state index contributed by atoms with van der Waals surface area (Å²) < 4.78 is 0. The van der Waals surface area contributed by atoms with E-state index < -0.39 is 0 Å². The molecule has 0 aromatic carbocycles. The second-order valence-corrected chi connectivity index (χ2v) is 1.48. The van der Waals surface area contributed by atoms with Crippen molar-refractivity contribution in [2.24, 2.45) is 5.73 Å². The quantitative estimate of drug-likeness (QED) is 0.394. The third-order valence-corrected chi connectivity index (χ3v) is 0.865. The zero-order valence-electron chi connectivity index (χ0n) is 4.83. The Balaban J connectivity index is 2.94. The Morgan fingerprint density at radius 2 is 2.33 bits per heavy atom. The summed E-state index contributed by atoms with van der Waals surface area (Å²) in [6.45, 7) is 0. The summed E-state index contributed by atoms with van der Waals surface area (Å²) in [5.74, 6) is 2.62. The van der Waals surface area contributed by atoms with E-state index in [2.05, 4.69) is 16.9 Å². The van der Waals surface area contributed by atoms with Gasteiger partial charge in [-0.25, -0.2) is 4.98 Å². The van der Waals surface area contributed by atoms with Crippen LogP contribution in [0.1, 0.15) is 5.69 Å². The fourth-order valence-corrected chi connectivity index (χ4v) is 0.511. The van der Waals surface area contributed by atoms with Crippen LogP contribution in [0.5, 0.6) is 0 Å². The van der Waals surface area contributed by atoms with Gasteiger partial charge in [-0.1, -0.05) is 6.07 Å². The van der Waals surface area contributed by atoms with Crippen LogP contribution in [0.15, 0.2) is 24.4 Å². The molecule has 0 aliphatic rings. The van der Waals surface area contributed by atoms with Gasteiger partial charge in [0.2, 0.25) is 0 Å². The van der Waals surface area contributed by atoms with Gasteiger partial charge < -0.3 is 5.73 Å².